The number of hydrogen-bond donors (Lipinski definition) is 1. The van der Waals surface area contributed by atoms with Gasteiger partial charge in [0.05, 0.1) is 23.1 Å². The van der Waals surface area contributed by atoms with Gasteiger partial charge >= 0.3 is 0 Å². The number of H-pyrrole nitrogens is 1. The molecule has 0 spiro atoms. The third kappa shape index (κ3) is 3.10. The monoisotopic (exact) mass is 391 g/mol. The smallest absolute Gasteiger partial charge is 0.235 e. The van der Waals surface area contributed by atoms with E-state index in [9.17, 15) is 0 Å². The van der Waals surface area contributed by atoms with E-state index in [1.54, 1.807) is 6.20 Å². The number of rotatable bonds is 4. The van der Waals surface area contributed by atoms with E-state index in [1.807, 2.05) is 48.7 Å². The van der Waals surface area contributed by atoms with Crippen molar-refractivity contribution in [3.8, 4) is 11.3 Å². The van der Waals surface area contributed by atoms with Crippen LogP contribution in [0.3, 0.4) is 0 Å². The molecule has 0 aliphatic heterocycles. The van der Waals surface area contributed by atoms with Gasteiger partial charge in [-0.1, -0.05) is 54.6 Å². The molecular formula is C25H21N5. The standard InChI is InChI=1S/C25H21N5/c1-17-9-8-10-18(2)24(17)30(20-11-4-3-5-12-20)25-28-22-14-7-6-13-21(22)23(29-25)19-15-26-27-16-19/h3-16H,1-2H3,(H,26,27). The first kappa shape index (κ1) is 18.1. The van der Waals surface area contributed by atoms with Gasteiger partial charge in [-0.2, -0.15) is 5.10 Å². The second kappa shape index (κ2) is 7.44. The first-order valence-electron chi connectivity index (χ1n) is 9.90. The summed E-state index contributed by atoms with van der Waals surface area (Å²) in [6.45, 7) is 4.24. The van der Waals surface area contributed by atoms with Gasteiger partial charge in [-0.3, -0.25) is 10.00 Å². The summed E-state index contributed by atoms with van der Waals surface area (Å²) in [6, 6.07) is 24.7. The molecule has 5 nitrogen and oxygen atoms in total. The van der Waals surface area contributed by atoms with E-state index in [2.05, 4.69) is 59.3 Å². The fourth-order valence-electron chi connectivity index (χ4n) is 3.84. The highest BCUT2D eigenvalue weighted by Crippen LogP contribution is 2.38. The van der Waals surface area contributed by atoms with Gasteiger partial charge in [0.2, 0.25) is 5.95 Å². The summed E-state index contributed by atoms with van der Waals surface area (Å²) in [6.07, 6.45) is 3.66. The Morgan fingerprint density at radius 1 is 0.767 bits per heavy atom. The average molecular weight is 391 g/mol. The van der Waals surface area contributed by atoms with Gasteiger partial charge in [0.25, 0.3) is 0 Å². The van der Waals surface area contributed by atoms with Crippen LogP contribution in [0.2, 0.25) is 0 Å². The van der Waals surface area contributed by atoms with Crippen molar-refractivity contribution in [3.63, 3.8) is 0 Å². The maximum absolute atomic E-state index is 5.03. The molecule has 0 fully saturated rings. The van der Waals surface area contributed by atoms with Gasteiger partial charge in [-0.25, -0.2) is 9.97 Å². The summed E-state index contributed by atoms with van der Waals surface area (Å²) in [5.41, 5.74) is 7.13. The number of hydrogen-bond acceptors (Lipinski definition) is 4. The van der Waals surface area contributed by atoms with E-state index >= 15 is 0 Å². The van der Waals surface area contributed by atoms with Crippen molar-refractivity contribution >= 4 is 28.2 Å². The number of aromatic nitrogens is 4. The third-order valence-corrected chi connectivity index (χ3v) is 5.24. The lowest BCUT2D eigenvalue weighted by Gasteiger charge is -2.27. The Bertz CT molecular complexity index is 1290. The third-order valence-electron chi connectivity index (χ3n) is 5.24. The van der Waals surface area contributed by atoms with Gasteiger partial charge < -0.3 is 0 Å². The lowest BCUT2D eigenvalue weighted by molar-refractivity contribution is 1.09. The summed E-state index contributed by atoms with van der Waals surface area (Å²) in [5.74, 6) is 0.633. The lowest BCUT2D eigenvalue weighted by Crippen LogP contribution is -2.16. The van der Waals surface area contributed by atoms with Crippen molar-refractivity contribution < 1.29 is 0 Å². The van der Waals surface area contributed by atoms with Gasteiger partial charge in [-0.05, 0) is 43.2 Å². The van der Waals surface area contributed by atoms with Gasteiger partial charge in [0.15, 0.2) is 0 Å². The van der Waals surface area contributed by atoms with Crippen LogP contribution in [0, 0.1) is 13.8 Å². The maximum atomic E-state index is 5.03. The minimum atomic E-state index is 0.633. The quantitative estimate of drug-likeness (QED) is 0.402. The molecule has 0 aliphatic carbocycles. The predicted octanol–water partition coefficient (Wildman–Crippen LogP) is 6.11. The molecule has 0 atom stereocenters. The summed E-state index contributed by atoms with van der Waals surface area (Å²) in [7, 11) is 0. The van der Waals surface area contributed by atoms with Crippen LogP contribution in [0.5, 0.6) is 0 Å². The van der Waals surface area contributed by atoms with Crippen LogP contribution in [-0.4, -0.2) is 20.2 Å². The van der Waals surface area contributed by atoms with Gasteiger partial charge in [0, 0.05) is 22.8 Å². The summed E-state index contributed by atoms with van der Waals surface area (Å²) >= 11 is 0. The maximum Gasteiger partial charge on any atom is 0.235 e. The largest absolute Gasteiger partial charge is 0.285 e. The van der Waals surface area contributed by atoms with Crippen LogP contribution in [0.15, 0.2) is 85.2 Å². The van der Waals surface area contributed by atoms with E-state index < -0.39 is 0 Å². The Balaban J connectivity index is 1.82. The lowest BCUT2D eigenvalue weighted by atomic mass is 10.1. The number of benzene rings is 3. The van der Waals surface area contributed by atoms with Crippen LogP contribution < -0.4 is 4.90 Å². The average Bonchev–Trinajstić information content (AvgIpc) is 3.31. The zero-order valence-electron chi connectivity index (χ0n) is 16.9. The second-order valence-electron chi connectivity index (χ2n) is 7.29. The van der Waals surface area contributed by atoms with Crippen LogP contribution in [0.4, 0.5) is 17.3 Å². The molecule has 0 aliphatic rings. The molecule has 0 saturated heterocycles. The molecule has 0 radical (unpaired) electrons. The van der Waals surface area contributed by atoms with Crippen LogP contribution in [0.1, 0.15) is 11.1 Å². The number of anilines is 3. The Morgan fingerprint density at radius 3 is 2.23 bits per heavy atom. The first-order valence-corrected chi connectivity index (χ1v) is 9.90. The summed E-state index contributed by atoms with van der Waals surface area (Å²) in [4.78, 5) is 12.1. The molecule has 5 aromatic rings. The molecule has 0 unspecified atom stereocenters. The van der Waals surface area contributed by atoms with E-state index in [0.717, 1.165) is 33.5 Å². The number of fused-ring (bicyclic) bond motifs is 1. The highest BCUT2D eigenvalue weighted by Gasteiger charge is 2.21. The summed E-state index contributed by atoms with van der Waals surface area (Å²) in [5, 5.41) is 8.02. The molecule has 2 aromatic heterocycles. The van der Waals surface area contributed by atoms with Crippen molar-refractivity contribution in [1.82, 2.24) is 20.2 Å². The van der Waals surface area contributed by atoms with Crippen molar-refractivity contribution in [1.29, 1.82) is 0 Å². The fraction of sp³-hybridized carbons (Fsp3) is 0.0800. The predicted molar refractivity (Wildman–Crippen MR) is 121 cm³/mol. The van der Waals surface area contributed by atoms with Gasteiger partial charge in [-0.15, -0.1) is 0 Å². The van der Waals surface area contributed by atoms with Crippen molar-refractivity contribution in [2.75, 3.05) is 4.90 Å². The number of nitrogens with one attached hydrogen (secondary N) is 1. The van der Waals surface area contributed by atoms with Gasteiger partial charge in [0.1, 0.15) is 0 Å². The molecule has 3 aromatic carbocycles. The van der Waals surface area contributed by atoms with Crippen molar-refractivity contribution in [3.05, 3.63) is 96.3 Å². The van der Waals surface area contributed by atoms with Crippen LogP contribution in [-0.2, 0) is 0 Å². The Hall–Kier alpha value is -3.99. The van der Waals surface area contributed by atoms with Crippen molar-refractivity contribution in [2.24, 2.45) is 0 Å². The minimum Gasteiger partial charge on any atom is -0.285 e. The molecule has 30 heavy (non-hydrogen) atoms. The Labute approximate surface area is 175 Å². The molecule has 5 heteroatoms. The molecule has 2 heterocycles. The Kier molecular flexibility index (Phi) is 4.48. The fourth-order valence-corrected chi connectivity index (χ4v) is 3.84. The normalized spacial score (nSPS) is 11.0. The summed E-state index contributed by atoms with van der Waals surface area (Å²) < 4.78 is 0. The zero-order chi connectivity index (χ0) is 20.5. The second-order valence-corrected chi connectivity index (χ2v) is 7.29. The highest BCUT2D eigenvalue weighted by molar-refractivity contribution is 5.94. The number of aromatic amines is 1. The number of nitrogens with zero attached hydrogens (tertiary/aromatic N) is 4. The molecule has 0 saturated carbocycles. The van der Waals surface area contributed by atoms with E-state index in [-0.39, 0.29) is 0 Å². The van der Waals surface area contributed by atoms with Crippen molar-refractivity contribution in [2.45, 2.75) is 13.8 Å². The van der Waals surface area contributed by atoms with E-state index in [4.69, 9.17) is 9.97 Å². The molecule has 146 valence electrons. The molecule has 0 bridgehead atoms. The minimum absolute atomic E-state index is 0.633. The Morgan fingerprint density at radius 2 is 1.50 bits per heavy atom. The molecular weight excluding hydrogens is 370 g/mol. The first-order chi connectivity index (χ1) is 14.7. The zero-order valence-corrected chi connectivity index (χ0v) is 16.9. The highest BCUT2D eigenvalue weighted by atomic mass is 15.3. The number of para-hydroxylation sites is 3. The van der Waals surface area contributed by atoms with Crippen LogP contribution in [0.25, 0.3) is 22.2 Å². The molecule has 1 N–H and O–H groups in total. The van der Waals surface area contributed by atoms with E-state index in [0.29, 0.717) is 5.95 Å². The SMILES string of the molecule is Cc1cccc(C)c1N(c1ccccc1)c1nc(-c2cn[nH]c2)c2ccccc2n1. The topological polar surface area (TPSA) is 57.7 Å². The molecule has 5 rings (SSSR count). The molecule has 0 amide bonds. The number of aryl methyl sites for hydroxylation is 2. The van der Waals surface area contributed by atoms with Crippen LogP contribution >= 0.6 is 0 Å². The van der Waals surface area contributed by atoms with E-state index in [1.165, 1.54) is 11.1 Å².